The minimum Gasteiger partial charge on any atom is -0.382 e. The van der Waals surface area contributed by atoms with Crippen LogP contribution in [0.15, 0.2) is 18.2 Å². The second kappa shape index (κ2) is 3.69. The number of nitrogen functional groups attached to an aromatic ring is 2. The Morgan fingerprint density at radius 3 is 2.67 bits per heavy atom. The molecule has 0 radical (unpaired) electrons. The standard InChI is InChI=1S/C12H12F2N4/c13-7-3-4-9(14)8(5-7)10-11(15)18(16)12(17-10)6-1-2-6/h3-6H,1-2,15-16H2. The average Bonchev–Trinajstić information content (AvgIpc) is 3.13. The summed E-state index contributed by atoms with van der Waals surface area (Å²) in [6.45, 7) is 0. The van der Waals surface area contributed by atoms with Crippen LogP contribution in [0, 0.1) is 11.6 Å². The number of halogens is 2. The molecule has 1 heterocycles. The summed E-state index contributed by atoms with van der Waals surface area (Å²) in [5.74, 6) is 5.74. The van der Waals surface area contributed by atoms with Gasteiger partial charge in [0.1, 0.15) is 23.2 Å². The van der Waals surface area contributed by atoms with E-state index in [4.69, 9.17) is 11.6 Å². The van der Waals surface area contributed by atoms with E-state index in [1.165, 1.54) is 4.68 Å². The van der Waals surface area contributed by atoms with Gasteiger partial charge in [-0.3, -0.25) is 0 Å². The fourth-order valence-electron chi connectivity index (χ4n) is 1.97. The van der Waals surface area contributed by atoms with E-state index in [-0.39, 0.29) is 23.0 Å². The van der Waals surface area contributed by atoms with Gasteiger partial charge in [0.2, 0.25) is 0 Å². The molecule has 0 atom stereocenters. The predicted octanol–water partition coefficient (Wildman–Crippen LogP) is 2.00. The number of hydrogen-bond donors (Lipinski definition) is 2. The van der Waals surface area contributed by atoms with E-state index in [2.05, 4.69) is 4.98 Å². The van der Waals surface area contributed by atoms with E-state index in [9.17, 15) is 8.78 Å². The lowest BCUT2D eigenvalue weighted by Gasteiger charge is -2.02. The van der Waals surface area contributed by atoms with Crippen molar-refractivity contribution < 1.29 is 8.78 Å². The molecule has 0 unspecified atom stereocenters. The molecule has 1 aliphatic carbocycles. The van der Waals surface area contributed by atoms with Crippen molar-refractivity contribution in [2.75, 3.05) is 11.6 Å². The van der Waals surface area contributed by atoms with E-state index in [0.29, 0.717) is 5.82 Å². The molecular formula is C12H12F2N4. The van der Waals surface area contributed by atoms with E-state index in [1.807, 2.05) is 0 Å². The molecule has 3 rings (SSSR count). The van der Waals surface area contributed by atoms with Gasteiger partial charge in [-0.1, -0.05) is 0 Å². The summed E-state index contributed by atoms with van der Waals surface area (Å²) in [7, 11) is 0. The Morgan fingerprint density at radius 2 is 2.00 bits per heavy atom. The molecule has 4 nitrogen and oxygen atoms in total. The van der Waals surface area contributed by atoms with Crippen LogP contribution in [0.5, 0.6) is 0 Å². The first kappa shape index (κ1) is 11.0. The second-order valence-corrected chi connectivity index (χ2v) is 4.47. The number of aromatic nitrogens is 2. The zero-order valence-electron chi connectivity index (χ0n) is 9.53. The highest BCUT2D eigenvalue weighted by atomic mass is 19.1. The number of nitrogens with two attached hydrogens (primary N) is 2. The van der Waals surface area contributed by atoms with Crippen LogP contribution in [-0.2, 0) is 0 Å². The van der Waals surface area contributed by atoms with Gasteiger partial charge in [0, 0.05) is 11.5 Å². The van der Waals surface area contributed by atoms with E-state index in [0.717, 1.165) is 31.0 Å². The van der Waals surface area contributed by atoms with Gasteiger partial charge in [-0.15, -0.1) is 0 Å². The van der Waals surface area contributed by atoms with Crippen molar-refractivity contribution in [3.8, 4) is 11.3 Å². The summed E-state index contributed by atoms with van der Waals surface area (Å²) in [6, 6.07) is 3.18. The molecular weight excluding hydrogens is 238 g/mol. The Kier molecular flexibility index (Phi) is 2.26. The highest BCUT2D eigenvalue weighted by Gasteiger charge is 2.31. The first-order chi connectivity index (χ1) is 8.58. The number of anilines is 1. The molecule has 0 amide bonds. The van der Waals surface area contributed by atoms with Crippen molar-refractivity contribution in [1.82, 2.24) is 9.66 Å². The van der Waals surface area contributed by atoms with Gasteiger partial charge < -0.3 is 11.6 Å². The first-order valence-electron chi connectivity index (χ1n) is 5.66. The Bertz CT molecular complexity index is 617. The molecule has 18 heavy (non-hydrogen) atoms. The zero-order chi connectivity index (χ0) is 12.9. The topological polar surface area (TPSA) is 69.9 Å². The molecule has 1 aromatic heterocycles. The van der Waals surface area contributed by atoms with Crippen LogP contribution in [0.2, 0.25) is 0 Å². The maximum atomic E-state index is 13.7. The molecule has 1 aliphatic rings. The van der Waals surface area contributed by atoms with Crippen LogP contribution in [0.1, 0.15) is 24.6 Å². The minimum absolute atomic E-state index is 0.0404. The van der Waals surface area contributed by atoms with Crippen molar-refractivity contribution in [1.29, 1.82) is 0 Å². The first-order valence-corrected chi connectivity index (χ1v) is 5.66. The summed E-state index contributed by atoms with van der Waals surface area (Å²) in [5.41, 5.74) is 6.05. The third-order valence-electron chi connectivity index (χ3n) is 3.10. The summed E-state index contributed by atoms with van der Waals surface area (Å²) in [6.07, 6.45) is 2.00. The molecule has 4 N–H and O–H groups in total. The van der Waals surface area contributed by atoms with E-state index < -0.39 is 11.6 Å². The average molecular weight is 250 g/mol. The fraction of sp³-hybridized carbons (Fsp3) is 0.250. The quantitative estimate of drug-likeness (QED) is 0.801. The van der Waals surface area contributed by atoms with Gasteiger partial charge in [-0.25, -0.2) is 18.4 Å². The van der Waals surface area contributed by atoms with E-state index >= 15 is 0 Å². The summed E-state index contributed by atoms with van der Waals surface area (Å²) >= 11 is 0. The third-order valence-corrected chi connectivity index (χ3v) is 3.10. The molecule has 1 aromatic carbocycles. The second-order valence-electron chi connectivity index (χ2n) is 4.47. The van der Waals surface area contributed by atoms with Gasteiger partial charge in [0.05, 0.1) is 0 Å². The Labute approximate surface area is 102 Å². The zero-order valence-corrected chi connectivity index (χ0v) is 9.53. The number of imidazole rings is 1. The lowest BCUT2D eigenvalue weighted by Crippen LogP contribution is -2.14. The number of benzene rings is 1. The van der Waals surface area contributed by atoms with Crippen LogP contribution in [-0.4, -0.2) is 9.66 Å². The minimum atomic E-state index is -0.566. The fourth-order valence-corrected chi connectivity index (χ4v) is 1.97. The SMILES string of the molecule is Nc1c(-c2cc(F)ccc2F)nc(C2CC2)n1N. The number of nitrogens with zero attached hydrogens (tertiary/aromatic N) is 2. The highest BCUT2D eigenvalue weighted by Crippen LogP contribution is 2.41. The van der Waals surface area contributed by atoms with Gasteiger partial charge in [-0.05, 0) is 31.0 Å². The van der Waals surface area contributed by atoms with Crippen LogP contribution in [0.4, 0.5) is 14.6 Å². The van der Waals surface area contributed by atoms with Crippen LogP contribution in [0.25, 0.3) is 11.3 Å². The molecule has 6 heteroatoms. The van der Waals surface area contributed by atoms with Gasteiger partial charge >= 0.3 is 0 Å². The lowest BCUT2D eigenvalue weighted by atomic mass is 10.1. The van der Waals surface area contributed by atoms with Crippen LogP contribution >= 0.6 is 0 Å². The maximum Gasteiger partial charge on any atom is 0.150 e. The Morgan fingerprint density at radius 1 is 1.28 bits per heavy atom. The molecule has 2 aromatic rings. The van der Waals surface area contributed by atoms with Gasteiger partial charge in [-0.2, -0.15) is 0 Å². The largest absolute Gasteiger partial charge is 0.382 e. The normalized spacial score (nSPS) is 15.0. The molecule has 0 bridgehead atoms. The highest BCUT2D eigenvalue weighted by molar-refractivity contribution is 5.71. The summed E-state index contributed by atoms with van der Waals surface area (Å²) in [4.78, 5) is 4.25. The number of hydrogen-bond acceptors (Lipinski definition) is 3. The number of rotatable bonds is 2. The molecule has 0 aliphatic heterocycles. The summed E-state index contributed by atoms with van der Waals surface area (Å²) in [5, 5.41) is 0. The molecule has 1 saturated carbocycles. The van der Waals surface area contributed by atoms with Crippen LogP contribution in [0.3, 0.4) is 0 Å². The van der Waals surface area contributed by atoms with Gasteiger partial charge in [0.15, 0.2) is 5.82 Å². The van der Waals surface area contributed by atoms with Crippen molar-refractivity contribution in [2.24, 2.45) is 0 Å². The Hall–Kier alpha value is -2.11. The molecule has 1 fully saturated rings. The van der Waals surface area contributed by atoms with Crippen molar-refractivity contribution >= 4 is 5.82 Å². The molecule has 94 valence electrons. The van der Waals surface area contributed by atoms with Crippen molar-refractivity contribution in [3.05, 3.63) is 35.7 Å². The Balaban J connectivity index is 2.16. The smallest absolute Gasteiger partial charge is 0.150 e. The van der Waals surface area contributed by atoms with Crippen molar-refractivity contribution in [2.45, 2.75) is 18.8 Å². The van der Waals surface area contributed by atoms with Crippen LogP contribution < -0.4 is 11.6 Å². The maximum absolute atomic E-state index is 13.7. The lowest BCUT2D eigenvalue weighted by molar-refractivity contribution is 0.603. The summed E-state index contributed by atoms with van der Waals surface area (Å²) < 4.78 is 28.1. The predicted molar refractivity (Wildman–Crippen MR) is 64.1 cm³/mol. The van der Waals surface area contributed by atoms with Crippen molar-refractivity contribution in [3.63, 3.8) is 0 Å². The molecule has 0 spiro atoms. The van der Waals surface area contributed by atoms with E-state index in [1.54, 1.807) is 0 Å². The third kappa shape index (κ3) is 1.61. The molecule has 0 saturated heterocycles. The monoisotopic (exact) mass is 250 g/mol. The van der Waals surface area contributed by atoms with Gasteiger partial charge in [0.25, 0.3) is 0 Å².